The largest absolute Gasteiger partial charge is 0.0701 e. The van der Waals surface area contributed by atoms with Crippen LogP contribution in [0.5, 0.6) is 0 Å². The molecule has 0 radical (unpaired) electrons. The molecule has 0 nitrogen and oxygen atoms in total. The van der Waals surface area contributed by atoms with Crippen molar-refractivity contribution in [3.63, 3.8) is 0 Å². The summed E-state index contributed by atoms with van der Waals surface area (Å²) >= 11 is 0. The SMILES string of the molecule is C(=C(c1ccccc1)c1ccccc1)c1ccc(C(c2ccc(C=C(c3ccccc3)c3ccccc3)cc2)(c2ccc(C=C(c3ccccc3)c3ccccc3)cc2)c2ccc(C=C(c3ccccc3)c3ccccc3)cc2)cc1. The van der Waals surface area contributed by atoms with Crippen molar-refractivity contribution in [1.29, 1.82) is 0 Å². The van der Waals surface area contributed by atoms with Crippen LogP contribution in [-0.2, 0) is 5.41 Å². The zero-order valence-corrected chi connectivity index (χ0v) is 45.1. The first-order chi connectivity index (χ1) is 40.2. The Morgan fingerprint density at radius 2 is 0.296 bits per heavy atom. The van der Waals surface area contributed by atoms with Gasteiger partial charge in [-0.2, -0.15) is 0 Å². The van der Waals surface area contributed by atoms with Crippen LogP contribution < -0.4 is 0 Å². The molecular formula is C81H60. The molecule has 0 aliphatic heterocycles. The van der Waals surface area contributed by atoms with Gasteiger partial charge in [0.05, 0.1) is 5.41 Å². The van der Waals surface area contributed by atoms with Crippen molar-refractivity contribution >= 4 is 46.6 Å². The molecule has 0 spiro atoms. The van der Waals surface area contributed by atoms with E-state index in [1.807, 2.05) is 0 Å². The fourth-order valence-corrected chi connectivity index (χ4v) is 11.3. The Balaban J connectivity index is 1.06. The summed E-state index contributed by atoms with van der Waals surface area (Å²) in [5.41, 5.74) is 22.4. The van der Waals surface area contributed by atoms with E-state index < -0.39 is 5.41 Å². The van der Waals surface area contributed by atoms with E-state index in [1.165, 1.54) is 66.8 Å². The molecule has 0 aliphatic carbocycles. The van der Waals surface area contributed by atoms with E-state index in [1.54, 1.807) is 0 Å². The Labute approximate surface area is 478 Å². The predicted octanol–water partition coefficient (Wildman–Crippen LogP) is 20.4. The lowest BCUT2D eigenvalue weighted by Crippen LogP contribution is -2.31. The summed E-state index contributed by atoms with van der Waals surface area (Å²) in [6.45, 7) is 0. The van der Waals surface area contributed by atoms with Crippen molar-refractivity contribution in [2.75, 3.05) is 0 Å². The zero-order valence-electron chi connectivity index (χ0n) is 45.1. The van der Waals surface area contributed by atoms with E-state index in [2.05, 4.69) is 364 Å². The van der Waals surface area contributed by atoms with Gasteiger partial charge in [0.25, 0.3) is 0 Å². The van der Waals surface area contributed by atoms with E-state index in [4.69, 9.17) is 0 Å². The van der Waals surface area contributed by atoms with Gasteiger partial charge in [0.1, 0.15) is 0 Å². The van der Waals surface area contributed by atoms with Gasteiger partial charge in [0.2, 0.25) is 0 Å². The molecule has 12 aromatic carbocycles. The molecule has 0 amide bonds. The van der Waals surface area contributed by atoms with E-state index in [0.29, 0.717) is 0 Å². The van der Waals surface area contributed by atoms with E-state index >= 15 is 0 Å². The summed E-state index contributed by atoms with van der Waals surface area (Å²) in [5, 5.41) is 0. The Morgan fingerprint density at radius 1 is 0.160 bits per heavy atom. The molecule has 0 unspecified atom stereocenters. The molecule has 0 aliphatic rings. The van der Waals surface area contributed by atoms with Gasteiger partial charge < -0.3 is 0 Å². The molecule has 0 fully saturated rings. The van der Waals surface area contributed by atoms with Crippen LogP contribution in [0.1, 0.15) is 89.0 Å². The van der Waals surface area contributed by atoms with Crippen molar-refractivity contribution in [1.82, 2.24) is 0 Å². The number of hydrogen-bond acceptors (Lipinski definition) is 0. The van der Waals surface area contributed by atoms with Crippen LogP contribution in [0.4, 0.5) is 0 Å². The zero-order chi connectivity index (χ0) is 54.5. The Morgan fingerprint density at radius 3 is 0.432 bits per heavy atom. The first-order valence-electron chi connectivity index (χ1n) is 27.9. The van der Waals surface area contributed by atoms with Gasteiger partial charge in [-0.1, -0.05) is 340 Å². The van der Waals surface area contributed by atoms with Crippen molar-refractivity contribution < 1.29 is 0 Å². The number of hydrogen-bond donors (Lipinski definition) is 0. The van der Waals surface area contributed by atoms with Crippen LogP contribution >= 0.6 is 0 Å². The minimum Gasteiger partial charge on any atom is -0.0622 e. The molecule has 0 heteroatoms. The van der Waals surface area contributed by atoms with Crippen LogP contribution in [-0.4, -0.2) is 0 Å². The molecule has 0 saturated carbocycles. The molecule has 0 saturated heterocycles. The molecule has 0 N–H and O–H groups in total. The van der Waals surface area contributed by atoms with Crippen LogP contribution in [0.2, 0.25) is 0 Å². The topological polar surface area (TPSA) is 0 Å². The number of rotatable bonds is 16. The van der Waals surface area contributed by atoms with E-state index in [-0.39, 0.29) is 0 Å². The standard InChI is InChI=1S/C81H60/c1-9-25-65(26-10-1)77(66-27-11-2-12-28-66)57-61-41-49-73(50-42-61)81(74-51-43-62(44-52-74)58-78(67-29-13-3-14-30-67)68-31-15-4-16-32-68,75-53-45-63(46-54-75)59-79(69-33-17-5-18-34-69)70-35-19-6-20-36-70)76-55-47-64(48-56-76)60-80(71-37-21-7-22-38-71)72-39-23-8-24-40-72/h1-60H. The Bertz CT molecular complexity index is 3350. The van der Waals surface area contributed by atoms with E-state index in [9.17, 15) is 0 Å². The molecule has 0 bridgehead atoms. The second-order valence-electron chi connectivity index (χ2n) is 20.4. The smallest absolute Gasteiger partial charge is 0.0622 e. The third-order valence-corrected chi connectivity index (χ3v) is 15.3. The molecule has 81 heavy (non-hydrogen) atoms. The fourth-order valence-electron chi connectivity index (χ4n) is 11.3. The second kappa shape index (κ2) is 24.5. The van der Waals surface area contributed by atoms with E-state index in [0.717, 1.165) is 44.5 Å². The normalized spacial score (nSPS) is 11.0. The predicted molar refractivity (Wildman–Crippen MR) is 344 cm³/mol. The summed E-state index contributed by atoms with van der Waals surface area (Å²) < 4.78 is 0. The summed E-state index contributed by atoms with van der Waals surface area (Å²) in [6.07, 6.45) is 9.30. The van der Waals surface area contributed by atoms with Gasteiger partial charge in [-0.05, 0) is 136 Å². The molecule has 0 atom stereocenters. The van der Waals surface area contributed by atoms with Crippen LogP contribution in [0, 0.1) is 0 Å². The van der Waals surface area contributed by atoms with Crippen LogP contribution in [0.15, 0.2) is 340 Å². The first-order valence-corrected chi connectivity index (χ1v) is 27.9. The molecule has 384 valence electrons. The maximum absolute atomic E-state index is 2.35. The van der Waals surface area contributed by atoms with Crippen molar-refractivity contribution in [2.45, 2.75) is 5.41 Å². The third kappa shape index (κ3) is 11.6. The van der Waals surface area contributed by atoms with Gasteiger partial charge in [-0.3, -0.25) is 0 Å². The summed E-state index contributed by atoms with van der Waals surface area (Å²) in [7, 11) is 0. The molecule has 12 rings (SSSR count). The highest BCUT2D eigenvalue weighted by Crippen LogP contribution is 2.46. The highest BCUT2D eigenvalue weighted by atomic mass is 14.4. The molecule has 12 aromatic rings. The minimum absolute atomic E-state index is 0.762. The van der Waals surface area contributed by atoms with Crippen molar-refractivity contribution in [2.24, 2.45) is 0 Å². The van der Waals surface area contributed by atoms with Crippen LogP contribution in [0.25, 0.3) is 46.6 Å². The average molecular weight is 1030 g/mol. The van der Waals surface area contributed by atoms with Crippen LogP contribution in [0.3, 0.4) is 0 Å². The maximum Gasteiger partial charge on any atom is 0.0701 e. The molecule has 0 aromatic heterocycles. The van der Waals surface area contributed by atoms with Gasteiger partial charge >= 0.3 is 0 Å². The minimum atomic E-state index is -0.762. The quantitative estimate of drug-likeness (QED) is 0.0668. The fraction of sp³-hybridized carbons (Fsp3) is 0.0123. The summed E-state index contributed by atoms with van der Waals surface area (Å²) in [5.74, 6) is 0. The Kier molecular flexibility index (Phi) is 15.5. The third-order valence-electron chi connectivity index (χ3n) is 15.3. The average Bonchev–Trinajstić information content (AvgIpc) is 3.57. The monoisotopic (exact) mass is 1030 g/mol. The van der Waals surface area contributed by atoms with Crippen molar-refractivity contribution in [3.8, 4) is 0 Å². The lowest BCUT2D eigenvalue weighted by atomic mass is 9.64. The Hall–Kier alpha value is -10.4. The lowest BCUT2D eigenvalue weighted by molar-refractivity contribution is 0.744. The van der Waals surface area contributed by atoms with Gasteiger partial charge in [-0.25, -0.2) is 0 Å². The summed E-state index contributed by atoms with van der Waals surface area (Å²) in [4.78, 5) is 0. The highest BCUT2D eigenvalue weighted by molar-refractivity contribution is 5.94. The molecule has 0 heterocycles. The first kappa shape index (κ1) is 51.4. The lowest BCUT2D eigenvalue weighted by Gasteiger charge is -2.37. The van der Waals surface area contributed by atoms with Gasteiger partial charge in [0.15, 0.2) is 0 Å². The second-order valence-corrected chi connectivity index (χ2v) is 20.4. The highest BCUT2D eigenvalue weighted by Gasteiger charge is 2.38. The van der Waals surface area contributed by atoms with Crippen molar-refractivity contribution in [3.05, 3.63) is 429 Å². The van der Waals surface area contributed by atoms with Gasteiger partial charge in [-0.15, -0.1) is 0 Å². The summed E-state index contributed by atoms with van der Waals surface area (Å²) in [6, 6.07) is 123. The van der Waals surface area contributed by atoms with Gasteiger partial charge in [0, 0.05) is 0 Å². The molecular weight excluding hydrogens is 973 g/mol. The maximum atomic E-state index is 2.35. The number of benzene rings is 12.